The third-order valence-corrected chi connectivity index (χ3v) is 13.4. The summed E-state index contributed by atoms with van der Waals surface area (Å²) in [6.07, 6.45) is 4.14. The lowest BCUT2D eigenvalue weighted by atomic mass is 9.86. The molecule has 3 aromatic carbocycles. The largest absolute Gasteiger partial charge is 0.457 e. The maximum absolute atomic E-state index is 13.5. The Morgan fingerprint density at radius 3 is 2.08 bits per heavy atom. The molecule has 6 amide bonds. The standard InChI is InChI=1S/C52H61N11O12/c53-47(65)45-46(35-9-11-37(12-10-35)75-36-5-2-1-3-6-36)58-63-41(15-18-55-48(45)63)34-16-20-60(21-17-34)51(68)40-33-61(59-57-40)22-24-71-26-28-73-30-32-74-31-29-72-27-25-70-23-19-54-39-8-4-7-38-44(39)52(69)62(50(38)67)42-13-14-43(64)56-49(42)66/h1-12,33-34,41-42,54-55H,13-32H2,(H2,53,65)(H,56,64,66)/t41-,42?/m0/s1. The molecule has 23 nitrogen and oxygen atoms in total. The molecular weight excluding hydrogens is 971 g/mol. The second-order valence-corrected chi connectivity index (χ2v) is 18.3. The number of aromatic nitrogens is 5. The van der Waals surface area contributed by atoms with Crippen molar-refractivity contribution in [2.24, 2.45) is 11.7 Å². The van der Waals surface area contributed by atoms with Crippen LogP contribution >= 0.6 is 0 Å². The summed E-state index contributed by atoms with van der Waals surface area (Å²) in [5.41, 5.74) is 8.74. The van der Waals surface area contributed by atoms with E-state index in [1.54, 1.807) is 29.1 Å². The van der Waals surface area contributed by atoms with Gasteiger partial charge >= 0.3 is 0 Å². The average molecular weight is 1030 g/mol. The van der Waals surface area contributed by atoms with E-state index >= 15 is 0 Å². The molecule has 5 aromatic rings. The van der Waals surface area contributed by atoms with Gasteiger partial charge in [0.1, 0.15) is 34.6 Å². The minimum absolute atomic E-state index is 0.0290. The lowest BCUT2D eigenvalue weighted by Crippen LogP contribution is -2.54. The first-order chi connectivity index (χ1) is 36.6. The Bertz CT molecular complexity index is 2810. The van der Waals surface area contributed by atoms with E-state index in [4.69, 9.17) is 39.3 Å². The highest BCUT2D eigenvalue weighted by atomic mass is 16.6. The zero-order chi connectivity index (χ0) is 52.1. The van der Waals surface area contributed by atoms with Gasteiger partial charge in [-0.25, -0.2) is 9.36 Å². The first kappa shape index (κ1) is 52.3. The first-order valence-electron chi connectivity index (χ1n) is 25.3. The summed E-state index contributed by atoms with van der Waals surface area (Å²) < 4.78 is 37.5. The Morgan fingerprint density at radius 1 is 0.733 bits per heavy atom. The Kier molecular flexibility index (Phi) is 17.5. The minimum atomic E-state index is -1.03. The highest BCUT2D eigenvalue weighted by molar-refractivity contribution is 6.25. The number of ether oxygens (including phenoxy) is 6. The molecule has 4 aliphatic heterocycles. The summed E-state index contributed by atoms with van der Waals surface area (Å²) in [6.45, 7) is 6.29. The lowest BCUT2D eigenvalue weighted by molar-refractivity contribution is -0.136. The molecule has 2 fully saturated rings. The molecule has 0 spiro atoms. The second kappa shape index (κ2) is 25.1. The van der Waals surface area contributed by atoms with Gasteiger partial charge in [0.2, 0.25) is 11.8 Å². The Hall–Kier alpha value is -7.57. The zero-order valence-electron chi connectivity index (χ0n) is 41.5. The van der Waals surface area contributed by atoms with E-state index in [0.29, 0.717) is 127 Å². The van der Waals surface area contributed by atoms with E-state index in [1.165, 1.54) is 0 Å². The van der Waals surface area contributed by atoms with Crippen molar-refractivity contribution < 1.29 is 57.2 Å². The maximum Gasteiger partial charge on any atom is 0.276 e. The Morgan fingerprint density at radius 2 is 1.40 bits per heavy atom. The average Bonchev–Trinajstić information content (AvgIpc) is 4.13. The number of amides is 6. The van der Waals surface area contributed by atoms with Crippen molar-refractivity contribution in [3.05, 3.63) is 101 Å². The number of carbonyl (C=O) groups excluding carboxylic acids is 6. The second-order valence-electron chi connectivity index (χ2n) is 18.3. The van der Waals surface area contributed by atoms with Crippen LogP contribution in [-0.4, -0.2) is 168 Å². The fourth-order valence-electron chi connectivity index (χ4n) is 9.70. The van der Waals surface area contributed by atoms with E-state index < -0.39 is 35.6 Å². The van der Waals surface area contributed by atoms with Crippen LogP contribution in [0.3, 0.4) is 0 Å². The van der Waals surface area contributed by atoms with Gasteiger partial charge in [-0.15, -0.1) is 5.10 Å². The van der Waals surface area contributed by atoms with Crippen LogP contribution in [0.4, 0.5) is 11.5 Å². The van der Waals surface area contributed by atoms with E-state index in [2.05, 4.69) is 26.3 Å². The van der Waals surface area contributed by atoms with Gasteiger partial charge in [0.25, 0.3) is 23.6 Å². The molecule has 6 heterocycles. The zero-order valence-corrected chi connectivity index (χ0v) is 41.5. The van der Waals surface area contributed by atoms with Crippen LogP contribution in [0.1, 0.15) is 79.7 Å². The van der Waals surface area contributed by atoms with Gasteiger partial charge in [0, 0.05) is 43.9 Å². The van der Waals surface area contributed by atoms with Crippen LogP contribution in [0.5, 0.6) is 11.5 Å². The normalized spacial score (nSPS) is 17.7. The SMILES string of the molecule is NC(=O)c1c(-c2ccc(Oc3ccccc3)cc2)nn2c1NCC[C@H]2C1CCN(C(=O)c2cn(CCOCCOCCOCCOCCOCCNc3cccc4c3C(=O)N(C3CCC(=O)NC3=O)C4=O)nn2)CC1. The Labute approximate surface area is 432 Å². The number of para-hydroxylation sites is 1. The fraction of sp³-hybridized carbons (Fsp3) is 0.442. The number of piperidine rings is 2. The quantitative estimate of drug-likeness (QED) is 0.0455. The van der Waals surface area contributed by atoms with Gasteiger partial charge in [-0.2, -0.15) is 5.10 Å². The summed E-state index contributed by atoms with van der Waals surface area (Å²) in [7, 11) is 0. The molecule has 9 rings (SSSR count). The van der Waals surface area contributed by atoms with Crippen molar-refractivity contribution in [2.45, 2.75) is 50.7 Å². The van der Waals surface area contributed by atoms with Crippen LogP contribution in [0.15, 0.2) is 79.0 Å². The number of benzene rings is 3. The van der Waals surface area contributed by atoms with Gasteiger partial charge in [-0.3, -0.25) is 39.0 Å². The monoisotopic (exact) mass is 1030 g/mol. The van der Waals surface area contributed by atoms with Crippen molar-refractivity contribution >= 4 is 46.9 Å². The smallest absolute Gasteiger partial charge is 0.276 e. The third kappa shape index (κ3) is 12.7. The van der Waals surface area contributed by atoms with Crippen LogP contribution in [-0.2, 0) is 39.8 Å². The van der Waals surface area contributed by atoms with Gasteiger partial charge < -0.3 is 49.7 Å². The van der Waals surface area contributed by atoms with E-state index in [1.807, 2.05) is 64.2 Å². The lowest BCUT2D eigenvalue weighted by Gasteiger charge is -2.38. The summed E-state index contributed by atoms with van der Waals surface area (Å²) in [5, 5.41) is 22.0. The van der Waals surface area contributed by atoms with Crippen molar-refractivity contribution in [1.82, 2.24) is 39.9 Å². The van der Waals surface area contributed by atoms with E-state index in [9.17, 15) is 28.8 Å². The molecule has 23 heteroatoms. The number of carbonyl (C=O) groups is 6. The van der Waals surface area contributed by atoms with Crippen LogP contribution in [0.2, 0.25) is 0 Å². The van der Waals surface area contributed by atoms with Crippen molar-refractivity contribution in [1.29, 1.82) is 0 Å². The Balaban J connectivity index is 0.594. The predicted octanol–water partition coefficient (Wildman–Crippen LogP) is 3.54. The number of anilines is 2. The minimum Gasteiger partial charge on any atom is -0.457 e. The molecule has 0 bridgehead atoms. The molecule has 0 saturated carbocycles. The summed E-state index contributed by atoms with van der Waals surface area (Å²) in [5.74, 6) is -0.686. The number of nitrogens with zero attached hydrogens (tertiary/aromatic N) is 7. The highest BCUT2D eigenvalue weighted by Crippen LogP contribution is 2.40. The van der Waals surface area contributed by atoms with Crippen LogP contribution in [0.25, 0.3) is 11.3 Å². The number of hydrogen-bond acceptors (Lipinski definition) is 17. The van der Waals surface area contributed by atoms with Gasteiger partial charge in [-0.05, 0) is 80.1 Å². The molecule has 0 radical (unpaired) electrons. The molecule has 2 saturated heterocycles. The topological polar surface area (TPSA) is 275 Å². The number of hydrogen-bond donors (Lipinski definition) is 4. The molecule has 4 aliphatic rings. The molecule has 5 N–H and O–H groups in total. The van der Waals surface area contributed by atoms with E-state index in [-0.39, 0.29) is 47.5 Å². The highest BCUT2D eigenvalue weighted by Gasteiger charge is 2.45. The maximum atomic E-state index is 13.5. The number of primary amides is 1. The van der Waals surface area contributed by atoms with Crippen LogP contribution in [0, 0.1) is 5.92 Å². The molecule has 2 atom stereocenters. The summed E-state index contributed by atoms with van der Waals surface area (Å²) in [6, 6.07) is 20.9. The van der Waals surface area contributed by atoms with Crippen molar-refractivity contribution in [3.8, 4) is 22.8 Å². The third-order valence-electron chi connectivity index (χ3n) is 13.4. The molecule has 396 valence electrons. The molecule has 1 unspecified atom stereocenters. The van der Waals surface area contributed by atoms with Gasteiger partial charge in [-0.1, -0.05) is 29.5 Å². The molecule has 2 aromatic heterocycles. The number of likely N-dealkylation sites (tertiary alicyclic amines) is 1. The first-order valence-corrected chi connectivity index (χ1v) is 25.3. The molecule has 75 heavy (non-hydrogen) atoms. The number of imide groups is 2. The van der Waals surface area contributed by atoms with Gasteiger partial charge in [0.05, 0.1) is 96.0 Å². The van der Waals surface area contributed by atoms with E-state index in [0.717, 1.165) is 35.5 Å². The number of nitrogens with two attached hydrogens (primary N) is 1. The molecule has 0 aliphatic carbocycles. The van der Waals surface area contributed by atoms with Crippen molar-refractivity contribution in [3.63, 3.8) is 0 Å². The number of rotatable bonds is 26. The number of nitrogens with one attached hydrogen (secondary N) is 3. The number of fused-ring (bicyclic) bond motifs is 2. The van der Waals surface area contributed by atoms with Crippen LogP contribution < -0.4 is 26.4 Å². The van der Waals surface area contributed by atoms with Crippen molar-refractivity contribution in [2.75, 3.05) is 103 Å². The summed E-state index contributed by atoms with van der Waals surface area (Å²) in [4.78, 5) is 79.3. The van der Waals surface area contributed by atoms with Gasteiger partial charge in [0.15, 0.2) is 5.69 Å². The predicted molar refractivity (Wildman–Crippen MR) is 269 cm³/mol. The molecular formula is C52H61N11O12. The fourth-order valence-corrected chi connectivity index (χ4v) is 9.70. The summed E-state index contributed by atoms with van der Waals surface area (Å²) >= 11 is 0.